The van der Waals surface area contributed by atoms with Crippen LogP contribution in [0.5, 0.6) is 0 Å². The number of carbonyl (C=O) groups excluding carboxylic acids is 3. The third-order valence-electron chi connectivity index (χ3n) is 4.30. The van der Waals surface area contributed by atoms with Crippen LogP contribution in [0, 0.1) is 13.8 Å². The van der Waals surface area contributed by atoms with Crippen LogP contribution < -0.4 is 10.6 Å². The van der Waals surface area contributed by atoms with Gasteiger partial charge in [-0.1, -0.05) is 24.3 Å². The van der Waals surface area contributed by atoms with Gasteiger partial charge in [-0.2, -0.15) is 0 Å². The predicted molar refractivity (Wildman–Crippen MR) is 123 cm³/mol. The lowest BCUT2D eigenvalue weighted by atomic mass is 9.93. The maximum absolute atomic E-state index is 13.4. The Morgan fingerprint density at radius 3 is 2.10 bits per heavy atom. The van der Waals surface area contributed by atoms with E-state index in [1.807, 2.05) is 52.8 Å². The largest absolute Gasteiger partial charge is 0.444 e. The fourth-order valence-corrected chi connectivity index (χ4v) is 3.18. The van der Waals surface area contributed by atoms with Crippen molar-refractivity contribution < 1.29 is 19.1 Å². The van der Waals surface area contributed by atoms with Crippen LogP contribution in [0.1, 0.15) is 64.3 Å². The Bertz CT molecular complexity index is 799. The minimum atomic E-state index is -0.869. The standard InChI is InChI=1S/C24H37N3O4/c1-10-14-27(18(28)15-25-22(30)31-24(7,8)9)20(21(29)26-23(4,5)6)19-16(2)12-11-13-17(19)3/h10-13,20H,1,14-15H2,2-9H3,(H,25,30)(H,26,29). The second-order valence-corrected chi connectivity index (χ2v) is 9.64. The maximum Gasteiger partial charge on any atom is 0.408 e. The first-order valence-electron chi connectivity index (χ1n) is 10.4. The van der Waals surface area contributed by atoms with E-state index >= 15 is 0 Å². The molecule has 0 heterocycles. The van der Waals surface area contributed by atoms with Crippen LogP contribution in [0.3, 0.4) is 0 Å². The van der Waals surface area contributed by atoms with E-state index in [9.17, 15) is 14.4 Å². The first kappa shape index (κ1) is 26.2. The van der Waals surface area contributed by atoms with E-state index in [2.05, 4.69) is 17.2 Å². The first-order valence-corrected chi connectivity index (χ1v) is 10.4. The molecule has 0 saturated carbocycles. The Labute approximate surface area is 186 Å². The maximum atomic E-state index is 13.4. The topological polar surface area (TPSA) is 87.7 Å². The van der Waals surface area contributed by atoms with Crippen LogP contribution in [0.4, 0.5) is 4.79 Å². The molecule has 0 saturated heterocycles. The number of nitrogens with zero attached hydrogens (tertiary/aromatic N) is 1. The van der Waals surface area contributed by atoms with Crippen molar-refractivity contribution in [1.29, 1.82) is 0 Å². The quantitative estimate of drug-likeness (QED) is 0.643. The molecule has 1 aromatic carbocycles. The summed E-state index contributed by atoms with van der Waals surface area (Å²) in [6.45, 7) is 18.3. The zero-order chi connectivity index (χ0) is 24.0. The van der Waals surface area contributed by atoms with Gasteiger partial charge in [-0.05, 0) is 72.1 Å². The van der Waals surface area contributed by atoms with E-state index in [0.717, 1.165) is 16.7 Å². The molecule has 172 valence electrons. The number of rotatable bonds is 7. The highest BCUT2D eigenvalue weighted by molar-refractivity contribution is 5.91. The van der Waals surface area contributed by atoms with Crippen LogP contribution in [-0.4, -0.2) is 47.0 Å². The minimum Gasteiger partial charge on any atom is -0.444 e. The van der Waals surface area contributed by atoms with Crippen molar-refractivity contribution >= 4 is 17.9 Å². The predicted octanol–water partition coefficient (Wildman–Crippen LogP) is 3.80. The van der Waals surface area contributed by atoms with Crippen LogP contribution in [-0.2, 0) is 14.3 Å². The lowest BCUT2D eigenvalue weighted by molar-refractivity contribution is -0.140. The third-order valence-corrected chi connectivity index (χ3v) is 4.30. The molecule has 1 unspecified atom stereocenters. The van der Waals surface area contributed by atoms with Gasteiger partial charge < -0.3 is 20.3 Å². The van der Waals surface area contributed by atoms with E-state index in [1.54, 1.807) is 26.8 Å². The van der Waals surface area contributed by atoms with Crippen LogP contribution in [0.25, 0.3) is 0 Å². The van der Waals surface area contributed by atoms with Crippen molar-refractivity contribution in [3.05, 3.63) is 47.5 Å². The number of ether oxygens (including phenoxy) is 1. The van der Waals surface area contributed by atoms with Gasteiger partial charge >= 0.3 is 6.09 Å². The molecule has 0 spiro atoms. The van der Waals surface area contributed by atoms with Gasteiger partial charge in [0.05, 0.1) is 0 Å². The Hall–Kier alpha value is -2.83. The highest BCUT2D eigenvalue weighted by atomic mass is 16.6. The summed E-state index contributed by atoms with van der Waals surface area (Å²) in [5.74, 6) is -0.708. The zero-order valence-electron chi connectivity index (χ0n) is 20.1. The van der Waals surface area contributed by atoms with Gasteiger partial charge in [-0.3, -0.25) is 9.59 Å². The molecule has 0 bridgehead atoms. The zero-order valence-corrected chi connectivity index (χ0v) is 20.1. The van der Waals surface area contributed by atoms with Gasteiger partial charge in [0.25, 0.3) is 0 Å². The number of amides is 3. The molecule has 3 amide bonds. The van der Waals surface area contributed by atoms with Crippen molar-refractivity contribution in [2.24, 2.45) is 0 Å². The van der Waals surface area contributed by atoms with Crippen molar-refractivity contribution in [2.75, 3.05) is 13.1 Å². The molecule has 7 nitrogen and oxygen atoms in total. The molecule has 1 rings (SSSR count). The van der Waals surface area contributed by atoms with Gasteiger partial charge in [0.2, 0.25) is 11.8 Å². The summed E-state index contributed by atoms with van der Waals surface area (Å²) >= 11 is 0. The van der Waals surface area contributed by atoms with Crippen LogP contribution in [0.15, 0.2) is 30.9 Å². The molecular weight excluding hydrogens is 394 g/mol. The molecule has 0 radical (unpaired) electrons. The molecule has 0 aliphatic rings. The highest BCUT2D eigenvalue weighted by Gasteiger charge is 2.34. The van der Waals surface area contributed by atoms with Crippen molar-refractivity contribution in [3.8, 4) is 0 Å². The third kappa shape index (κ3) is 8.44. The molecule has 7 heteroatoms. The molecule has 2 N–H and O–H groups in total. The van der Waals surface area contributed by atoms with Gasteiger partial charge in [-0.25, -0.2) is 4.79 Å². The molecule has 1 aromatic rings. The fraction of sp³-hybridized carbons (Fsp3) is 0.542. The van der Waals surface area contributed by atoms with E-state index in [1.165, 1.54) is 4.90 Å². The fourth-order valence-electron chi connectivity index (χ4n) is 3.18. The van der Waals surface area contributed by atoms with Gasteiger partial charge in [0.1, 0.15) is 18.2 Å². The average molecular weight is 432 g/mol. The Balaban J connectivity index is 3.30. The summed E-state index contributed by atoms with van der Waals surface area (Å²) in [6, 6.07) is 4.87. The molecule has 0 aliphatic carbocycles. The summed E-state index contributed by atoms with van der Waals surface area (Å²) in [7, 11) is 0. The number of nitrogens with one attached hydrogen (secondary N) is 2. The number of carbonyl (C=O) groups is 3. The molecule has 31 heavy (non-hydrogen) atoms. The Kier molecular flexibility index (Phi) is 8.85. The number of benzene rings is 1. The molecule has 1 atom stereocenters. The monoisotopic (exact) mass is 431 g/mol. The highest BCUT2D eigenvalue weighted by Crippen LogP contribution is 2.28. The smallest absolute Gasteiger partial charge is 0.408 e. The summed E-state index contributed by atoms with van der Waals surface area (Å²) in [5, 5.41) is 5.46. The number of hydrogen-bond acceptors (Lipinski definition) is 4. The van der Waals surface area contributed by atoms with Gasteiger partial charge in [0.15, 0.2) is 0 Å². The number of hydrogen-bond donors (Lipinski definition) is 2. The van der Waals surface area contributed by atoms with Gasteiger partial charge in [0, 0.05) is 12.1 Å². The second-order valence-electron chi connectivity index (χ2n) is 9.64. The first-order chi connectivity index (χ1) is 14.2. The van der Waals surface area contributed by atoms with Crippen LogP contribution in [0.2, 0.25) is 0 Å². The van der Waals surface area contributed by atoms with Crippen molar-refractivity contribution in [3.63, 3.8) is 0 Å². The van der Waals surface area contributed by atoms with Crippen LogP contribution >= 0.6 is 0 Å². The molecular formula is C24H37N3O4. The van der Waals surface area contributed by atoms with Gasteiger partial charge in [-0.15, -0.1) is 6.58 Å². The second kappa shape index (κ2) is 10.5. The minimum absolute atomic E-state index is 0.144. The lowest BCUT2D eigenvalue weighted by Crippen LogP contribution is -2.51. The summed E-state index contributed by atoms with van der Waals surface area (Å²) < 4.78 is 5.20. The summed E-state index contributed by atoms with van der Waals surface area (Å²) in [4.78, 5) is 39.9. The van der Waals surface area contributed by atoms with Crippen molar-refractivity contribution in [2.45, 2.75) is 72.6 Å². The van der Waals surface area contributed by atoms with E-state index in [0.29, 0.717) is 0 Å². The van der Waals surface area contributed by atoms with Crippen molar-refractivity contribution in [1.82, 2.24) is 15.5 Å². The number of aryl methyl sites for hydroxylation is 2. The normalized spacial score (nSPS) is 12.5. The Morgan fingerprint density at radius 2 is 1.65 bits per heavy atom. The number of alkyl carbamates (subject to hydrolysis) is 1. The molecule has 0 aromatic heterocycles. The average Bonchev–Trinajstić information content (AvgIpc) is 2.58. The lowest BCUT2D eigenvalue weighted by Gasteiger charge is -2.34. The van der Waals surface area contributed by atoms with E-state index in [-0.39, 0.29) is 19.0 Å². The molecule has 0 fully saturated rings. The Morgan fingerprint density at radius 1 is 1.10 bits per heavy atom. The SMILES string of the molecule is C=CCN(C(=O)CNC(=O)OC(C)(C)C)C(C(=O)NC(C)(C)C)c1c(C)cccc1C. The van der Waals surface area contributed by atoms with E-state index in [4.69, 9.17) is 4.74 Å². The van der Waals surface area contributed by atoms with E-state index < -0.39 is 29.2 Å². The summed E-state index contributed by atoms with van der Waals surface area (Å²) in [6.07, 6.45) is 0.873. The molecule has 0 aliphatic heterocycles. The summed E-state index contributed by atoms with van der Waals surface area (Å²) in [5.41, 5.74) is 1.40.